The number of carbonyl (C=O) groups excluding carboxylic acids is 1. The van der Waals surface area contributed by atoms with Gasteiger partial charge in [0.25, 0.3) is 0 Å². The maximum atomic E-state index is 11.6. The second-order valence-electron chi connectivity index (χ2n) is 5.83. The minimum absolute atomic E-state index is 0.0431. The predicted molar refractivity (Wildman–Crippen MR) is 79.6 cm³/mol. The van der Waals surface area contributed by atoms with Gasteiger partial charge < -0.3 is 20.1 Å². The van der Waals surface area contributed by atoms with E-state index in [-0.39, 0.29) is 18.6 Å². The molecule has 1 amide bonds. The number of nitrogens with zero attached hydrogens (tertiary/aromatic N) is 1. The Morgan fingerprint density at radius 1 is 1.45 bits per heavy atom. The first-order valence-corrected chi connectivity index (χ1v) is 7.79. The van der Waals surface area contributed by atoms with Crippen molar-refractivity contribution in [1.82, 2.24) is 10.2 Å². The second kappa shape index (κ2) is 9.32. The lowest BCUT2D eigenvalue weighted by Crippen LogP contribution is -2.40. The molecule has 5 nitrogen and oxygen atoms in total. The van der Waals surface area contributed by atoms with Crippen LogP contribution in [-0.2, 0) is 9.53 Å². The molecule has 1 saturated carbocycles. The van der Waals surface area contributed by atoms with Gasteiger partial charge in [-0.25, -0.2) is 0 Å². The van der Waals surface area contributed by atoms with Crippen LogP contribution in [0.4, 0.5) is 0 Å². The van der Waals surface area contributed by atoms with Crippen molar-refractivity contribution in [3.63, 3.8) is 0 Å². The van der Waals surface area contributed by atoms with Crippen molar-refractivity contribution in [3.05, 3.63) is 0 Å². The van der Waals surface area contributed by atoms with E-state index in [1.54, 1.807) is 11.9 Å². The number of carbonyl (C=O) groups is 1. The van der Waals surface area contributed by atoms with Gasteiger partial charge in [-0.15, -0.1) is 0 Å². The summed E-state index contributed by atoms with van der Waals surface area (Å²) in [6, 6.07) is 0. The Hall–Kier alpha value is -0.650. The van der Waals surface area contributed by atoms with Gasteiger partial charge in [0.1, 0.15) is 0 Å². The Balaban J connectivity index is 2.11. The zero-order valence-corrected chi connectivity index (χ0v) is 13.1. The fourth-order valence-electron chi connectivity index (χ4n) is 2.48. The van der Waals surface area contributed by atoms with E-state index in [1.807, 2.05) is 6.92 Å². The molecule has 1 aliphatic rings. The van der Waals surface area contributed by atoms with Crippen molar-refractivity contribution in [2.75, 3.05) is 33.3 Å². The summed E-state index contributed by atoms with van der Waals surface area (Å²) in [4.78, 5) is 13.2. The van der Waals surface area contributed by atoms with Crippen LogP contribution < -0.4 is 5.32 Å². The quantitative estimate of drug-likeness (QED) is 0.699. The lowest BCUT2D eigenvalue weighted by molar-refractivity contribution is -0.128. The molecule has 0 saturated heterocycles. The summed E-state index contributed by atoms with van der Waals surface area (Å²) >= 11 is 0. The van der Waals surface area contributed by atoms with Gasteiger partial charge in [-0.1, -0.05) is 19.8 Å². The summed E-state index contributed by atoms with van der Waals surface area (Å²) in [6.45, 7) is 5.86. The van der Waals surface area contributed by atoms with E-state index in [1.165, 1.54) is 19.3 Å². The molecule has 0 spiro atoms. The number of aliphatic hydroxyl groups is 1. The summed E-state index contributed by atoms with van der Waals surface area (Å²) in [5, 5.41) is 12.8. The fourth-order valence-corrected chi connectivity index (χ4v) is 2.48. The highest BCUT2D eigenvalue weighted by Gasteiger charge is 2.22. The Morgan fingerprint density at radius 2 is 2.15 bits per heavy atom. The van der Waals surface area contributed by atoms with Crippen molar-refractivity contribution in [3.8, 4) is 0 Å². The third-order valence-electron chi connectivity index (χ3n) is 4.09. The molecule has 3 unspecified atom stereocenters. The molecule has 0 aromatic rings. The Kier molecular flexibility index (Phi) is 8.11. The Morgan fingerprint density at radius 3 is 2.80 bits per heavy atom. The second-order valence-corrected chi connectivity index (χ2v) is 5.83. The van der Waals surface area contributed by atoms with Crippen molar-refractivity contribution in [2.24, 2.45) is 5.92 Å². The predicted octanol–water partition coefficient (Wildman–Crippen LogP) is 1.01. The molecule has 20 heavy (non-hydrogen) atoms. The summed E-state index contributed by atoms with van der Waals surface area (Å²) in [7, 11) is 1.77. The molecular weight excluding hydrogens is 256 g/mol. The summed E-state index contributed by atoms with van der Waals surface area (Å²) in [6.07, 6.45) is 4.56. The van der Waals surface area contributed by atoms with E-state index < -0.39 is 6.10 Å². The molecule has 0 radical (unpaired) electrons. The molecule has 1 rings (SSSR count). The lowest BCUT2D eigenvalue weighted by atomic mass is 9.88. The van der Waals surface area contributed by atoms with Crippen LogP contribution in [-0.4, -0.2) is 61.4 Å². The molecule has 0 aliphatic heterocycles. The van der Waals surface area contributed by atoms with E-state index in [0.717, 1.165) is 6.42 Å². The van der Waals surface area contributed by atoms with Gasteiger partial charge in [-0.2, -0.15) is 0 Å². The molecule has 5 heteroatoms. The zero-order chi connectivity index (χ0) is 15.0. The SMILES string of the molecule is CCN(C)C(=O)CNCC(O)COC1CCCCC1C. The smallest absolute Gasteiger partial charge is 0.236 e. The Labute approximate surface area is 122 Å². The molecule has 3 atom stereocenters. The van der Waals surface area contributed by atoms with Crippen LogP contribution in [0, 0.1) is 5.92 Å². The lowest BCUT2D eigenvalue weighted by Gasteiger charge is -2.29. The van der Waals surface area contributed by atoms with Crippen molar-refractivity contribution in [1.29, 1.82) is 0 Å². The minimum Gasteiger partial charge on any atom is -0.389 e. The van der Waals surface area contributed by atoms with E-state index in [0.29, 0.717) is 25.6 Å². The molecule has 118 valence electrons. The number of hydrogen-bond acceptors (Lipinski definition) is 4. The van der Waals surface area contributed by atoms with Gasteiger partial charge >= 0.3 is 0 Å². The molecule has 0 heterocycles. The zero-order valence-electron chi connectivity index (χ0n) is 13.1. The number of rotatable bonds is 8. The van der Waals surface area contributed by atoms with Crippen LogP contribution in [0.5, 0.6) is 0 Å². The van der Waals surface area contributed by atoms with Gasteiger partial charge in [0.15, 0.2) is 0 Å². The highest BCUT2D eigenvalue weighted by atomic mass is 16.5. The maximum Gasteiger partial charge on any atom is 0.236 e. The first-order valence-electron chi connectivity index (χ1n) is 7.79. The van der Waals surface area contributed by atoms with Gasteiger partial charge in [0.05, 0.1) is 25.4 Å². The number of ether oxygens (including phenoxy) is 1. The number of hydrogen-bond donors (Lipinski definition) is 2. The summed E-state index contributed by atoms with van der Waals surface area (Å²) < 4.78 is 5.80. The van der Waals surface area contributed by atoms with Crippen LogP contribution in [0.1, 0.15) is 39.5 Å². The molecule has 0 bridgehead atoms. The molecule has 1 aliphatic carbocycles. The standard InChI is InChI=1S/C15H30N2O3/c1-4-17(3)15(19)10-16-9-13(18)11-20-14-8-6-5-7-12(14)2/h12-14,16,18H,4-11H2,1-3H3. The first-order chi connectivity index (χ1) is 9.54. The van der Waals surface area contributed by atoms with Crippen LogP contribution in [0.3, 0.4) is 0 Å². The van der Waals surface area contributed by atoms with E-state index in [9.17, 15) is 9.90 Å². The van der Waals surface area contributed by atoms with E-state index in [4.69, 9.17) is 4.74 Å². The molecule has 0 aromatic heterocycles. The molecule has 2 N–H and O–H groups in total. The van der Waals surface area contributed by atoms with Crippen molar-refractivity contribution >= 4 is 5.91 Å². The monoisotopic (exact) mass is 286 g/mol. The Bertz CT molecular complexity index is 286. The number of amides is 1. The number of likely N-dealkylation sites (N-methyl/N-ethyl adjacent to an activating group) is 1. The largest absolute Gasteiger partial charge is 0.389 e. The third kappa shape index (κ3) is 6.20. The molecular formula is C15H30N2O3. The van der Waals surface area contributed by atoms with Crippen LogP contribution in [0.2, 0.25) is 0 Å². The van der Waals surface area contributed by atoms with Gasteiger partial charge in [-0.3, -0.25) is 4.79 Å². The van der Waals surface area contributed by atoms with Crippen molar-refractivity contribution in [2.45, 2.75) is 51.7 Å². The normalized spacial score (nSPS) is 24.4. The minimum atomic E-state index is -0.552. The van der Waals surface area contributed by atoms with Crippen LogP contribution in [0.15, 0.2) is 0 Å². The van der Waals surface area contributed by atoms with E-state index in [2.05, 4.69) is 12.2 Å². The average Bonchev–Trinajstić information content (AvgIpc) is 2.45. The van der Waals surface area contributed by atoms with Crippen molar-refractivity contribution < 1.29 is 14.6 Å². The summed E-state index contributed by atoms with van der Waals surface area (Å²) in [5.74, 6) is 0.630. The van der Waals surface area contributed by atoms with Gasteiger partial charge in [-0.05, 0) is 25.7 Å². The fraction of sp³-hybridized carbons (Fsp3) is 0.933. The molecule has 0 aromatic carbocycles. The van der Waals surface area contributed by atoms with Crippen LogP contribution >= 0.6 is 0 Å². The summed E-state index contributed by atoms with van der Waals surface area (Å²) in [5.41, 5.74) is 0. The average molecular weight is 286 g/mol. The first kappa shape index (κ1) is 17.4. The topological polar surface area (TPSA) is 61.8 Å². The molecule has 1 fully saturated rings. The third-order valence-corrected chi connectivity index (χ3v) is 4.09. The number of nitrogens with one attached hydrogen (secondary N) is 1. The number of aliphatic hydroxyl groups excluding tert-OH is 1. The maximum absolute atomic E-state index is 11.6. The van der Waals surface area contributed by atoms with Gasteiger partial charge in [0, 0.05) is 20.1 Å². The van der Waals surface area contributed by atoms with Gasteiger partial charge in [0.2, 0.25) is 5.91 Å². The highest BCUT2D eigenvalue weighted by Crippen LogP contribution is 2.26. The van der Waals surface area contributed by atoms with Crippen LogP contribution in [0.25, 0.3) is 0 Å². The van der Waals surface area contributed by atoms with E-state index >= 15 is 0 Å². The highest BCUT2D eigenvalue weighted by molar-refractivity contribution is 5.77.